The standard InChI is InChI=1S/C23H29F3N4O3/c1-15(2)20-12-21(28-27-20)19-11-17(16-4-3-5-18(10-16)33-23(24,25)26)13-30(14-31)22(19)29-6-8-32-9-7-29/h3-5,10,12,14-15,17,19,22H,6-9,11,13H2,1-2H3,(H,27,28). The Morgan fingerprint density at radius 1 is 1.24 bits per heavy atom. The summed E-state index contributed by atoms with van der Waals surface area (Å²) >= 11 is 0. The Bertz CT molecular complexity index is 943. The van der Waals surface area contributed by atoms with E-state index in [1.807, 2.05) is 6.07 Å². The number of aromatic nitrogens is 2. The van der Waals surface area contributed by atoms with E-state index in [4.69, 9.17) is 4.74 Å². The van der Waals surface area contributed by atoms with E-state index in [9.17, 15) is 18.0 Å². The molecule has 4 rings (SSSR count). The van der Waals surface area contributed by atoms with E-state index in [1.165, 1.54) is 12.1 Å². The molecular weight excluding hydrogens is 437 g/mol. The van der Waals surface area contributed by atoms with Crippen LogP contribution in [0.4, 0.5) is 13.2 Å². The number of ether oxygens (including phenoxy) is 2. The van der Waals surface area contributed by atoms with Crippen LogP contribution in [0.25, 0.3) is 0 Å². The Labute approximate surface area is 190 Å². The van der Waals surface area contributed by atoms with Crippen LogP contribution in [0.5, 0.6) is 5.75 Å². The first-order chi connectivity index (χ1) is 15.7. The summed E-state index contributed by atoms with van der Waals surface area (Å²) in [6.07, 6.45) is -3.44. The van der Waals surface area contributed by atoms with Crippen LogP contribution in [0.15, 0.2) is 30.3 Å². The zero-order chi connectivity index (χ0) is 23.6. The van der Waals surface area contributed by atoms with Crippen molar-refractivity contribution in [2.75, 3.05) is 32.8 Å². The lowest BCUT2D eigenvalue weighted by atomic mass is 9.80. The molecule has 1 aromatic carbocycles. The number of morpholine rings is 1. The molecule has 3 atom stereocenters. The van der Waals surface area contributed by atoms with Crippen molar-refractivity contribution in [3.05, 3.63) is 47.3 Å². The number of H-pyrrole nitrogens is 1. The maximum Gasteiger partial charge on any atom is 0.573 e. The first-order valence-electron chi connectivity index (χ1n) is 11.2. The van der Waals surface area contributed by atoms with Crippen molar-refractivity contribution in [1.82, 2.24) is 20.0 Å². The molecule has 2 aliphatic heterocycles. The molecule has 33 heavy (non-hydrogen) atoms. The Balaban J connectivity index is 1.66. The third-order valence-corrected chi connectivity index (χ3v) is 6.40. The van der Waals surface area contributed by atoms with Gasteiger partial charge in [-0.15, -0.1) is 13.2 Å². The predicted octanol–water partition coefficient (Wildman–Crippen LogP) is 3.82. The fourth-order valence-corrected chi connectivity index (χ4v) is 4.84. The van der Waals surface area contributed by atoms with Gasteiger partial charge in [-0.2, -0.15) is 5.10 Å². The summed E-state index contributed by atoms with van der Waals surface area (Å²) in [7, 11) is 0. The second-order valence-corrected chi connectivity index (χ2v) is 8.93. The average molecular weight is 467 g/mol. The number of likely N-dealkylation sites (tertiary alicyclic amines) is 1. The van der Waals surface area contributed by atoms with Crippen molar-refractivity contribution >= 4 is 6.41 Å². The van der Waals surface area contributed by atoms with Crippen LogP contribution < -0.4 is 4.74 Å². The molecule has 1 amide bonds. The number of carbonyl (C=O) groups is 1. The number of amides is 1. The molecule has 1 aromatic heterocycles. The van der Waals surface area contributed by atoms with Gasteiger partial charge in [0, 0.05) is 37.2 Å². The highest BCUT2D eigenvalue weighted by Gasteiger charge is 2.42. The number of halogens is 3. The van der Waals surface area contributed by atoms with Crippen LogP contribution in [0.2, 0.25) is 0 Å². The van der Waals surface area contributed by atoms with Crippen molar-refractivity contribution in [3.63, 3.8) is 0 Å². The number of alkyl halides is 3. The Morgan fingerprint density at radius 2 is 2.00 bits per heavy atom. The van der Waals surface area contributed by atoms with E-state index in [0.29, 0.717) is 44.8 Å². The third kappa shape index (κ3) is 5.50. The van der Waals surface area contributed by atoms with Gasteiger partial charge in [-0.05, 0) is 36.1 Å². The lowest BCUT2D eigenvalue weighted by Gasteiger charge is -2.48. The van der Waals surface area contributed by atoms with Gasteiger partial charge in [0.1, 0.15) is 5.75 Å². The summed E-state index contributed by atoms with van der Waals surface area (Å²) in [6, 6.07) is 8.08. The molecule has 3 unspecified atom stereocenters. The minimum absolute atomic E-state index is 0.0840. The molecule has 0 radical (unpaired) electrons. The highest BCUT2D eigenvalue weighted by atomic mass is 19.4. The molecular formula is C23H29F3N4O3. The van der Waals surface area contributed by atoms with Gasteiger partial charge in [-0.25, -0.2) is 0 Å². The lowest BCUT2D eigenvalue weighted by Crippen LogP contribution is -2.58. The fourth-order valence-electron chi connectivity index (χ4n) is 4.84. The van der Waals surface area contributed by atoms with Crippen LogP contribution >= 0.6 is 0 Å². The summed E-state index contributed by atoms with van der Waals surface area (Å²) in [4.78, 5) is 16.2. The number of nitrogens with one attached hydrogen (secondary N) is 1. The van der Waals surface area contributed by atoms with Crippen molar-refractivity contribution in [1.29, 1.82) is 0 Å². The second-order valence-electron chi connectivity index (χ2n) is 8.93. The van der Waals surface area contributed by atoms with Gasteiger partial charge < -0.3 is 14.4 Å². The minimum atomic E-state index is -4.76. The average Bonchev–Trinajstić information content (AvgIpc) is 3.28. The van der Waals surface area contributed by atoms with Gasteiger partial charge >= 0.3 is 6.36 Å². The van der Waals surface area contributed by atoms with E-state index in [-0.39, 0.29) is 29.7 Å². The summed E-state index contributed by atoms with van der Waals surface area (Å²) in [5, 5.41) is 7.61. The molecule has 1 N–H and O–H groups in total. The van der Waals surface area contributed by atoms with Crippen LogP contribution in [0.3, 0.4) is 0 Å². The molecule has 180 valence electrons. The zero-order valence-electron chi connectivity index (χ0n) is 18.7. The highest BCUT2D eigenvalue weighted by Crippen LogP contribution is 2.41. The SMILES string of the molecule is CC(C)c1cc(C2CC(c3cccc(OC(F)(F)F)c3)CN(C=O)C2N2CCOCC2)[nH]n1. The molecule has 0 saturated carbocycles. The Morgan fingerprint density at radius 3 is 2.64 bits per heavy atom. The van der Waals surface area contributed by atoms with Crippen molar-refractivity contribution in [2.45, 2.75) is 50.6 Å². The molecule has 2 saturated heterocycles. The van der Waals surface area contributed by atoms with Crippen molar-refractivity contribution < 1.29 is 27.4 Å². The summed E-state index contributed by atoms with van der Waals surface area (Å²) in [6.45, 7) is 7.13. The van der Waals surface area contributed by atoms with E-state index in [0.717, 1.165) is 17.8 Å². The molecule has 10 heteroatoms. The third-order valence-electron chi connectivity index (χ3n) is 6.40. The summed E-state index contributed by atoms with van der Waals surface area (Å²) in [5.41, 5.74) is 2.57. The topological polar surface area (TPSA) is 70.7 Å². The molecule has 0 spiro atoms. The molecule has 2 fully saturated rings. The van der Waals surface area contributed by atoms with Crippen LogP contribution in [-0.2, 0) is 9.53 Å². The Hall–Kier alpha value is -2.59. The largest absolute Gasteiger partial charge is 0.573 e. The maximum atomic E-state index is 12.7. The Kier molecular flexibility index (Phi) is 6.94. The molecule has 3 heterocycles. The number of carbonyl (C=O) groups excluding carboxylic acids is 1. The molecule has 7 nitrogen and oxygen atoms in total. The molecule has 2 aliphatic rings. The zero-order valence-corrected chi connectivity index (χ0v) is 18.7. The first-order valence-corrected chi connectivity index (χ1v) is 11.2. The van der Waals surface area contributed by atoms with Gasteiger partial charge in [0.15, 0.2) is 0 Å². The summed E-state index contributed by atoms with van der Waals surface area (Å²) < 4.78 is 47.8. The lowest BCUT2D eigenvalue weighted by molar-refractivity contribution is -0.274. The van der Waals surface area contributed by atoms with Gasteiger partial charge in [-0.1, -0.05) is 26.0 Å². The molecule has 0 aliphatic carbocycles. The van der Waals surface area contributed by atoms with Crippen molar-refractivity contribution in [2.24, 2.45) is 0 Å². The smallest absolute Gasteiger partial charge is 0.406 e. The number of aromatic amines is 1. The van der Waals surface area contributed by atoms with E-state index in [2.05, 4.69) is 33.7 Å². The number of hydrogen-bond acceptors (Lipinski definition) is 5. The maximum absolute atomic E-state index is 12.7. The highest BCUT2D eigenvalue weighted by molar-refractivity contribution is 5.49. The molecule has 0 bridgehead atoms. The number of hydrogen-bond donors (Lipinski definition) is 1. The van der Waals surface area contributed by atoms with E-state index < -0.39 is 6.36 Å². The molecule has 2 aromatic rings. The van der Waals surface area contributed by atoms with Crippen molar-refractivity contribution in [3.8, 4) is 5.75 Å². The van der Waals surface area contributed by atoms with E-state index >= 15 is 0 Å². The summed E-state index contributed by atoms with van der Waals surface area (Å²) in [5.74, 6) is -0.248. The van der Waals surface area contributed by atoms with Gasteiger partial charge in [-0.3, -0.25) is 14.8 Å². The monoisotopic (exact) mass is 466 g/mol. The van der Waals surface area contributed by atoms with E-state index in [1.54, 1.807) is 17.0 Å². The number of nitrogens with zero attached hydrogens (tertiary/aromatic N) is 3. The quantitative estimate of drug-likeness (QED) is 0.656. The normalized spacial score (nSPS) is 24.8. The predicted molar refractivity (Wildman–Crippen MR) is 115 cm³/mol. The number of piperidine rings is 1. The first kappa shape index (κ1) is 23.6. The second kappa shape index (κ2) is 9.72. The van der Waals surface area contributed by atoms with Crippen LogP contribution in [-0.4, -0.2) is 71.8 Å². The minimum Gasteiger partial charge on any atom is -0.406 e. The van der Waals surface area contributed by atoms with Gasteiger partial charge in [0.2, 0.25) is 6.41 Å². The number of rotatable bonds is 6. The van der Waals surface area contributed by atoms with Gasteiger partial charge in [0.25, 0.3) is 0 Å². The van der Waals surface area contributed by atoms with Gasteiger partial charge in [0.05, 0.1) is 25.1 Å². The van der Waals surface area contributed by atoms with Crippen LogP contribution in [0.1, 0.15) is 55.0 Å². The van der Waals surface area contributed by atoms with Crippen LogP contribution in [0, 0.1) is 0 Å². The fraction of sp³-hybridized carbons (Fsp3) is 0.565. The number of benzene rings is 1.